The topological polar surface area (TPSA) is 117 Å². The number of carbonyl (C=O) groups is 3. The zero-order chi connectivity index (χ0) is 31.7. The van der Waals surface area contributed by atoms with E-state index >= 15 is 0 Å². The van der Waals surface area contributed by atoms with Crippen molar-refractivity contribution in [1.29, 1.82) is 0 Å². The SMILES string of the molecule is CCc1ccc(C(C(=O)Nc2ccc(OC)cc2)N(C(=O)C(Cc2ccc(O)cc2)NC(=O)OC(C)(C)C)C(C)C)cc1. The summed E-state index contributed by atoms with van der Waals surface area (Å²) in [6.07, 6.45) is 0.188. The van der Waals surface area contributed by atoms with Gasteiger partial charge in [0, 0.05) is 18.2 Å². The molecule has 0 saturated heterocycles. The summed E-state index contributed by atoms with van der Waals surface area (Å²) >= 11 is 0. The number of aromatic hydroxyl groups is 1. The van der Waals surface area contributed by atoms with E-state index in [9.17, 15) is 19.5 Å². The second-order valence-electron chi connectivity index (χ2n) is 11.6. The molecular weight excluding hydrogens is 546 g/mol. The van der Waals surface area contributed by atoms with Gasteiger partial charge in [0.25, 0.3) is 5.91 Å². The van der Waals surface area contributed by atoms with Crippen molar-refractivity contribution in [3.8, 4) is 11.5 Å². The van der Waals surface area contributed by atoms with Crippen molar-refractivity contribution in [1.82, 2.24) is 10.2 Å². The minimum atomic E-state index is -1.06. The first kappa shape index (κ1) is 33.0. The van der Waals surface area contributed by atoms with Gasteiger partial charge in [-0.15, -0.1) is 0 Å². The van der Waals surface area contributed by atoms with Gasteiger partial charge in [-0.2, -0.15) is 0 Å². The summed E-state index contributed by atoms with van der Waals surface area (Å²) in [4.78, 5) is 42.9. The maximum absolute atomic E-state index is 14.4. The fourth-order valence-corrected chi connectivity index (χ4v) is 4.64. The summed E-state index contributed by atoms with van der Waals surface area (Å²) in [5.41, 5.74) is 2.20. The molecule has 0 aliphatic heterocycles. The lowest BCUT2D eigenvalue weighted by Crippen LogP contribution is -2.55. The van der Waals surface area contributed by atoms with Crippen LogP contribution in [-0.2, 0) is 27.2 Å². The molecule has 0 bridgehead atoms. The highest BCUT2D eigenvalue weighted by atomic mass is 16.6. The number of nitrogens with one attached hydrogen (secondary N) is 2. The normalized spacial score (nSPS) is 12.7. The van der Waals surface area contributed by atoms with Gasteiger partial charge in [0.05, 0.1) is 7.11 Å². The van der Waals surface area contributed by atoms with E-state index in [1.807, 2.05) is 45.0 Å². The van der Waals surface area contributed by atoms with Gasteiger partial charge in [-0.1, -0.05) is 43.3 Å². The lowest BCUT2D eigenvalue weighted by molar-refractivity contribution is -0.142. The number of carbonyl (C=O) groups excluding carboxylic acids is 3. The molecule has 2 unspecified atom stereocenters. The third-order valence-corrected chi connectivity index (χ3v) is 6.76. The molecule has 9 nitrogen and oxygen atoms in total. The Labute approximate surface area is 254 Å². The number of anilines is 1. The molecule has 0 aliphatic carbocycles. The Bertz CT molecular complexity index is 1360. The van der Waals surface area contributed by atoms with Crippen LogP contribution in [0.2, 0.25) is 0 Å². The third kappa shape index (κ3) is 9.49. The van der Waals surface area contributed by atoms with Crippen LogP contribution in [0.1, 0.15) is 64.3 Å². The zero-order valence-electron chi connectivity index (χ0n) is 26.0. The molecule has 0 fully saturated rings. The fraction of sp³-hybridized carbons (Fsp3) is 0.382. The molecule has 3 aromatic carbocycles. The average Bonchev–Trinajstić information content (AvgIpc) is 2.95. The molecule has 0 saturated carbocycles. The first-order valence-corrected chi connectivity index (χ1v) is 14.4. The number of aryl methyl sites for hydroxylation is 1. The molecule has 3 rings (SSSR count). The van der Waals surface area contributed by atoms with Crippen molar-refractivity contribution in [3.63, 3.8) is 0 Å². The van der Waals surface area contributed by atoms with Crippen molar-refractivity contribution >= 4 is 23.6 Å². The lowest BCUT2D eigenvalue weighted by Gasteiger charge is -2.37. The highest BCUT2D eigenvalue weighted by Crippen LogP contribution is 2.28. The number of methoxy groups -OCH3 is 1. The van der Waals surface area contributed by atoms with Crippen molar-refractivity contribution in [2.45, 2.75) is 78.1 Å². The lowest BCUT2D eigenvalue weighted by atomic mass is 9.97. The van der Waals surface area contributed by atoms with Gasteiger partial charge in [-0.3, -0.25) is 9.59 Å². The van der Waals surface area contributed by atoms with E-state index in [-0.39, 0.29) is 12.2 Å². The maximum Gasteiger partial charge on any atom is 0.408 e. The summed E-state index contributed by atoms with van der Waals surface area (Å²) < 4.78 is 10.7. The molecule has 3 aromatic rings. The Balaban J connectivity index is 2.04. The number of hydrogen-bond acceptors (Lipinski definition) is 6. The Kier molecular flexibility index (Phi) is 11.2. The van der Waals surface area contributed by atoms with E-state index in [2.05, 4.69) is 10.6 Å². The number of hydrogen-bond donors (Lipinski definition) is 3. The molecule has 0 spiro atoms. The number of phenols is 1. The van der Waals surface area contributed by atoms with E-state index in [0.717, 1.165) is 12.0 Å². The molecule has 0 radical (unpaired) electrons. The number of rotatable bonds is 11. The van der Waals surface area contributed by atoms with E-state index in [1.54, 1.807) is 64.3 Å². The van der Waals surface area contributed by atoms with Gasteiger partial charge in [0.2, 0.25) is 5.91 Å². The van der Waals surface area contributed by atoms with Gasteiger partial charge >= 0.3 is 6.09 Å². The highest BCUT2D eigenvalue weighted by molar-refractivity contribution is 5.99. The molecule has 0 aromatic heterocycles. The van der Waals surface area contributed by atoms with Crippen LogP contribution in [0.25, 0.3) is 0 Å². The van der Waals surface area contributed by atoms with Crippen LogP contribution in [0.15, 0.2) is 72.8 Å². The number of amides is 3. The first-order chi connectivity index (χ1) is 20.3. The van der Waals surface area contributed by atoms with E-state index < -0.39 is 41.6 Å². The van der Waals surface area contributed by atoms with Gasteiger partial charge < -0.3 is 30.1 Å². The molecule has 3 N–H and O–H groups in total. The smallest absolute Gasteiger partial charge is 0.408 e. The molecule has 43 heavy (non-hydrogen) atoms. The highest BCUT2D eigenvalue weighted by Gasteiger charge is 2.38. The van der Waals surface area contributed by atoms with E-state index in [4.69, 9.17) is 9.47 Å². The second-order valence-corrected chi connectivity index (χ2v) is 11.6. The van der Waals surface area contributed by atoms with Crippen molar-refractivity contribution < 1.29 is 29.0 Å². The third-order valence-electron chi connectivity index (χ3n) is 6.76. The first-order valence-electron chi connectivity index (χ1n) is 14.4. The van der Waals surface area contributed by atoms with Gasteiger partial charge in [-0.25, -0.2) is 4.79 Å². The van der Waals surface area contributed by atoms with Crippen LogP contribution in [0.3, 0.4) is 0 Å². The van der Waals surface area contributed by atoms with Crippen LogP contribution in [0.5, 0.6) is 11.5 Å². The Morgan fingerprint density at radius 2 is 1.47 bits per heavy atom. The monoisotopic (exact) mass is 589 g/mol. The zero-order valence-corrected chi connectivity index (χ0v) is 26.0. The molecule has 3 amide bonds. The molecular formula is C34H43N3O6. The number of ether oxygens (including phenoxy) is 2. The summed E-state index contributed by atoms with van der Waals surface area (Å²) in [5.74, 6) is -0.129. The summed E-state index contributed by atoms with van der Waals surface area (Å²) in [5, 5.41) is 15.5. The van der Waals surface area contributed by atoms with Crippen molar-refractivity contribution in [2.24, 2.45) is 0 Å². The number of alkyl carbamates (subject to hydrolysis) is 1. The molecule has 0 heterocycles. The quantitative estimate of drug-likeness (QED) is 0.252. The number of benzene rings is 3. The minimum Gasteiger partial charge on any atom is -0.508 e. The van der Waals surface area contributed by atoms with Crippen LogP contribution < -0.4 is 15.4 Å². The number of nitrogens with zero attached hydrogens (tertiary/aromatic N) is 1. The fourth-order valence-electron chi connectivity index (χ4n) is 4.64. The predicted octanol–water partition coefficient (Wildman–Crippen LogP) is 6.02. The van der Waals surface area contributed by atoms with Crippen LogP contribution in [-0.4, -0.2) is 52.7 Å². The summed E-state index contributed by atoms with van der Waals surface area (Å²) in [7, 11) is 1.57. The maximum atomic E-state index is 14.4. The Hall–Kier alpha value is -4.53. The molecule has 2 atom stereocenters. The van der Waals surface area contributed by atoms with Gasteiger partial charge in [0.15, 0.2) is 0 Å². The Morgan fingerprint density at radius 3 is 1.98 bits per heavy atom. The standard InChI is InChI=1S/C34H43N3O6/c1-8-23-9-13-25(14-10-23)30(31(39)35-26-15-19-28(42-7)20-16-26)37(22(2)3)32(40)29(36-33(41)43-34(4,5)6)21-24-11-17-27(38)18-12-24/h9-20,22,29-30,38H,8,21H2,1-7H3,(H,35,39)(H,36,41). The van der Waals surface area contributed by atoms with Crippen LogP contribution in [0, 0.1) is 0 Å². The summed E-state index contributed by atoms with van der Waals surface area (Å²) in [6.45, 7) is 10.9. The van der Waals surface area contributed by atoms with Crippen molar-refractivity contribution in [3.05, 3.63) is 89.5 Å². The van der Waals surface area contributed by atoms with Crippen molar-refractivity contribution in [2.75, 3.05) is 12.4 Å². The molecule has 230 valence electrons. The van der Waals surface area contributed by atoms with Crippen LogP contribution >= 0.6 is 0 Å². The van der Waals surface area contributed by atoms with E-state index in [1.165, 1.54) is 17.0 Å². The second kappa shape index (κ2) is 14.6. The predicted molar refractivity (Wildman–Crippen MR) is 167 cm³/mol. The van der Waals surface area contributed by atoms with Gasteiger partial charge in [-0.05, 0) is 94.1 Å². The molecule has 9 heteroatoms. The van der Waals surface area contributed by atoms with E-state index in [0.29, 0.717) is 22.6 Å². The van der Waals surface area contributed by atoms with Crippen LogP contribution in [0.4, 0.5) is 10.5 Å². The summed E-state index contributed by atoms with van der Waals surface area (Å²) in [6, 6.07) is 18.4. The largest absolute Gasteiger partial charge is 0.508 e. The average molecular weight is 590 g/mol. The number of phenolic OH excluding ortho intramolecular Hbond substituents is 1. The van der Waals surface area contributed by atoms with Gasteiger partial charge in [0.1, 0.15) is 29.2 Å². The Morgan fingerprint density at radius 1 is 0.884 bits per heavy atom. The minimum absolute atomic E-state index is 0.0846. The molecule has 0 aliphatic rings.